The maximum absolute atomic E-state index is 14.5. The molecule has 1 saturated heterocycles. The Hall–Kier alpha value is -1.50. The van der Waals surface area contributed by atoms with Gasteiger partial charge < -0.3 is 19.3 Å². The number of hydrogen-bond acceptors (Lipinski definition) is 6. The summed E-state index contributed by atoms with van der Waals surface area (Å²) >= 11 is 0. The minimum Gasteiger partial charge on any atom is -0.454 e. The Balaban J connectivity index is 1.55. The molecule has 0 amide bonds. The first-order valence-electron chi connectivity index (χ1n) is 12.5. The van der Waals surface area contributed by atoms with Crippen LogP contribution in [-0.2, 0) is 23.8 Å². The largest absolute Gasteiger partial charge is 0.454 e. The first-order valence-corrected chi connectivity index (χ1v) is 12.5. The zero-order valence-electron chi connectivity index (χ0n) is 20.5. The van der Waals surface area contributed by atoms with E-state index in [2.05, 4.69) is 20.8 Å². The van der Waals surface area contributed by atoms with Gasteiger partial charge in [0.25, 0.3) is 0 Å². The number of esters is 1. The number of ether oxygens (including phenoxy) is 3. The summed E-state index contributed by atoms with van der Waals surface area (Å²) in [6.07, 6.45) is 4.76. The number of aliphatic hydroxyl groups is 1. The van der Waals surface area contributed by atoms with Gasteiger partial charge in [-0.15, -0.1) is 0 Å². The highest BCUT2D eigenvalue weighted by Crippen LogP contribution is 2.72. The molecule has 180 valence electrons. The molecule has 0 aromatic rings. The van der Waals surface area contributed by atoms with Gasteiger partial charge in [-0.05, 0) is 74.3 Å². The van der Waals surface area contributed by atoms with E-state index in [4.69, 9.17) is 14.2 Å². The Bertz CT molecular complexity index is 1000. The molecular weight excluding hydrogens is 420 g/mol. The van der Waals surface area contributed by atoms with E-state index >= 15 is 0 Å². The van der Waals surface area contributed by atoms with Gasteiger partial charge in [-0.3, -0.25) is 9.59 Å². The van der Waals surface area contributed by atoms with Crippen molar-refractivity contribution in [2.24, 2.45) is 40.4 Å². The van der Waals surface area contributed by atoms with Crippen LogP contribution in [0.5, 0.6) is 0 Å². The molecule has 6 aliphatic rings. The van der Waals surface area contributed by atoms with Crippen molar-refractivity contribution >= 4 is 11.8 Å². The zero-order chi connectivity index (χ0) is 23.7. The van der Waals surface area contributed by atoms with Crippen molar-refractivity contribution in [3.63, 3.8) is 0 Å². The average Bonchev–Trinajstić information content (AvgIpc) is 3.63. The standard InChI is InChI=1S/C27H36O6/c1-13-11-26-14(2)9-18-19(24(18,3)4)17(20(26)28)10-16-12-31-25(5,6)33-22(16)27(26,30)21(13)32-23(29)15-7-8-15/h10-11,14-15,17-19,21-22,30H,7-9,12H2,1-6H3/t14-,17+,18-,19+,21+,22-,26+,27-/m1/s1. The van der Waals surface area contributed by atoms with Crippen LogP contribution in [0.2, 0.25) is 0 Å². The normalized spacial score (nSPS) is 48.9. The lowest BCUT2D eigenvalue weighted by Gasteiger charge is -2.52. The fourth-order valence-electron chi connectivity index (χ4n) is 7.83. The van der Waals surface area contributed by atoms with Gasteiger partial charge in [0, 0.05) is 5.92 Å². The summed E-state index contributed by atoms with van der Waals surface area (Å²) in [4.78, 5) is 27.4. The number of carbonyl (C=O) groups excluding carboxylic acids is 2. The fraction of sp³-hybridized carbons (Fsp3) is 0.778. The van der Waals surface area contributed by atoms with Crippen LogP contribution in [0.3, 0.4) is 0 Å². The van der Waals surface area contributed by atoms with Crippen molar-refractivity contribution in [1.29, 1.82) is 0 Å². The molecule has 6 nitrogen and oxygen atoms in total. The average molecular weight is 457 g/mol. The number of carbonyl (C=O) groups is 2. The van der Waals surface area contributed by atoms with E-state index in [9.17, 15) is 14.7 Å². The summed E-state index contributed by atoms with van der Waals surface area (Å²) in [5.74, 6) is -1.04. The van der Waals surface area contributed by atoms with E-state index in [1.54, 1.807) is 0 Å². The Morgan fingerprint density at radius 1 is 1.21 bits per heavy atom. The number of rotatable bonds is 2. The Morgan fingerprint density at radius 2 is 1.91 bits per heavy atom. The number of ketones is 1. The lowest BCUT2D eigenvalue weighted by atomic mass is 9.59. The van der Waals surface area contributed by atoms with Crippen LogP contribution in [0.15, 0.2) is 23.3 Å². The second-order valence-corrected chi connectivity index (χ2v) is 12.6. The molecule has 3 saturated carbocycles. The lowest BCUT2D eigenvalue weighted by Crippen LogP contribution is -2.68. The number of fused-ring (bicyclic) bond motifs is 5. The second kappa shape index (κ2) is 6.38. The van der Waals surface area contributed by atoms with Crippen LogP contribution in [0.1, 0.15) is 60.8 Å². The second-order valence-electron chi connectivity index (χ2n) is 12.6. The van der Waals surface area contributed by atoms with Crippen molar-refractivity contribution < 1.29 is 28.9 Å². The predicted molar refractivity (Wildman–Crippen MR) is 120 cm³/mol. The Morgan fingerprint density at radius 3 is 2.58 bits per heavy atom. The van der Waals surface area contributed by atoms with Crippen LogP contribution in [0, 0.1) is 40.4 Å². The summed E-state index contributed by atoms with van der Waals surface area (Å²) < 4.78 is 18.5. The molecule has 0 unspecified atom stereocenters. The Labute approximate surface area is 195 Å². The van der Waals surface area contributed by atoms with Crippen molar-refractivity contribution in [3.05, 3.63) is 23.3 Å². The van der Waals surface area contributed by atoms with Crippen LogP contribution in [0.4, 0.5) is 0 Å². The number of allylic oxidation sites excluding steroid dienone is 1. The molecule has 0 radical (unpaired) electrons. The van der Waals surface area contributed by atoms with E-state index in [0.29, 0.717) is 5.92 Å². The third-order valence-electron chi connectivity index (χ3n) is 9.82. The maximum atomic E-state index is 14.5. The van der Waals surface area contributed by atoms with E-state index in [1.807, 2.05) is 32.9 Å². The summed E-state index contributed by atoms with van der Waals surface area (Å²) in [6.45, 7) is 12.4. The van der Waals surface area contributed by atoms with Gasteiger partial charge in [-0.25, -0.2) is 0 Å². The summed E-state index contributed by atoms with van der Waals surface area (Å²) in [6, 6.07) is 0. The van der Waals surface area contributed by atoms with Crippen molar-refractivity contribution in [3.8, 4) is 0 Å². The smallest absolute Gasteiger partial charge is 0.309 e. The van der Waals surface area contributed by atoms with E-state index in [0.717, 1.165) is 30.4 Å². The number of hydrogen-bond donors (Lipinski definition) is 1. The summed E-state index contributed by atoms with van der Waals surface area (Å²) in [5, 5.41) is 12.8. The maximum Gasteiger partial charge on any atom is 0.309 e. The van der Waals surface area contributed by atoms with Crippen molar-refractivity contribution in [2.45, 2.75) is 84.4 Å². The van der Waals surface area contributed by atoms with Crippen LogP contribution in [0.25, 0.3) is 0 Å². The SMILES string of the molecule is CC1=C[C@]23C(=O)[C@@H](C=C4COC(C)(C)O[C@H]4[C@]2(O)[C@H]1OC(=O)C1CC1)[C@H]1[C@@H](C[C@H]3C)C1(C)C. The summed E-state index contributed by atoms with van der Waals surface area (Å²) in [7, 11) is 0. The zero-order valence-corrected chi connectivity index (χ0v) is 20.5. The van der Waals surface area contributed by atoms with Gasteiger partial charge in [0.1, 0.15) is 6.10 Å². The highest BCUT2D eigenvalue weighted by Gasteiger charge is 2.77. The van der Waals surface area contributed by atoms with E-state index in [-0.39, 0.29) is 47.4 Å². The first-order chi connectivity index (χ1) is 15.3. The van der Waals surface area contributed by atoms with Gasteiger partial charge >= 0.3 is 5.97 Å². The highest BCUT2D eigenvalue weighted by atomic mass is 16.7. The molecule has 1 spiro atoms. The first kappa shape index (κ1) is 22.0. The third-order valence-corrected chi connectivity index (χ3v) is 9.82. The lowest BCUT2D eigenvalue weighted by molar-refractivity contribution is -0.304. The van der Waals surface area contributed by atoms with Crippen LogP contribution >= 0.6 is 0 Å². The van der Waals surface area contributed by atoms with Crippen molar-refractivity contribution in [1.82, 2.24) is 0 Å². The van der Waals surface area contributed by atoms with Crippen LogP contribution in [-0.4, -0.2) is 47.1 Å². The molecule has 33 heavy (non-hydrogen) atoms. The predicted octanol–water partition coefficient (Wildman–Crippen LogP) is 3.57. The van der Waals surface area contributed by atoms with E-state index < -0.39 is 29.0 Å². The Kier molecular flexibility index (Phi) is 4.25. The molecule has 6 rings (SSSR count). The molecule has 1 heterocycles. The quantitative estimate of drug-likeness (QED) is 0.505. The number of Topliss-reactive ketones (excluding diaryl/α,β-unsaturated/α-hetero) is 1. The van der Waals surface area contributed by atoms with Crippen LogP contribution < -0.4 is 0 Å². The van der Waals surface area contributed by atoms with Gasteiger partial charge in [0.2, 0.25) is 0 Å². The fourth-order valence-corrected chi connectivity index (χ4v) is 7.83. The van der Waals surface area contributed by atoms with Gasteiger partial charge in [-0.1, -0.05) is 32.9 Å². The molecule has 8 atom stereocenters. The molecule has 0 aromatic heterocycles. The topological polar surface area (TPSA) is 82.1 Å². The third kappa shape index (κ3) is 2.66. The monoisotopic (exact) mass is 456 g/mol. The van der Waals surface area contributed by atoms with Gasteiger partial charge in [-0.2, -0.15) is 0 Å². The molecular formula is C27H36O6. The van der Waals surface area contributed by atoms with E-state index in [1.165, 1.54) is 0 Å². The molecule has 5 aliphatic carbocycles. The molecule has 6 heteroatoms. The molecule has 1 aliphatic heterocycles. The minimum atomic E-state index is -1.71. The molecule has 1 N–H and O–H groups in total. The highest BCUT2D eigenvalue weighted by molar-refractivity contribution is 5.95. The molecule has 2 bridgehead atoms. The molecule has 0 aromatic carbocycles. The van der Waals surface area contributed by atoms with Crippen molar-refractivity contribution in [2.75, 3.05) is 6.61 Å². The van der Waals surface area contributed by atoms with Gasteiger partial charge in [0.05, 0.1) is 17.9 Å². The minimum absolute atomic E-state index is 0.0446. The van der Waals surface area contributed by atoms with Gasteiger partial charge in [0.15, 0.2) is 23.3 Å². The molecule has 4 fully saturated rings. The summed E-state index contributed by atoms with van der Waals surface area (Å²) in [5.41, 5.74) is -1.26.